The van der Waals surface area contributed by atoms with E-state index in [2.05, 4.69) is 64.4 Å². The SMILES string of the molecule is C=CC(=O)N1CCN(C2NC(OCC3CCCN3C)NC3C[C@@]4(CCC32)Cc2ccccc2C4OC)CC1CC#N. The van der Waals surface area contributed by atoms with Crippen molar-refractivity contribution in [2.24, 2.45) is 11.3 Å². The van der Waals surface area contributed by atoms with E-state index in [0.29, 0.717) is 38.1 Å². The Hall–Kier alpha value is -2.32. The van der Waals surface area contributed by atoms with Crippen LogP contribution in [0.5, 0.6) is 0 Å². The van der Waals surface area contributed by atoms with Crippen molar-refractivity contribution in [1.82, 2.24) is 25.3 Å². The number of methoxy groups -OCH3 is 1. The average Bonchev–Trinajstić information content (AvgIpc) is 3.54. The third kappa shape index (κ3) is 5.47. The van der Waals surface area contributed by atoms with Crippen LogP contribution < -0.4 is 10.6 Å². The summed E-state index contributed by atoms with van der Waals surface area (Å²) in [5.41, 5.74) is 2.84. The van der Waals surface area contributed by atoms with Gasteiger partial charge in [-0.05, 0) is 69.3 Å². The monoisotopic (exact) mass is 562 g/mol. The first kappa shape index (κ1) is 28.8. The number of hydrogen-bond acceptors (Lipinski definition) is 8. The van der Waals surface area contributed by atoms with Gasteiger partial charge >= 0.3 is 0 Å². The topological polar surface area (TPSA) is 93.1 Å². The lowest BCUT2D eigenvalue weighted by molar-refractivity contribution is -0.140. The molecule has 3 aliphatic heterocycles. The van der Waals surface area contributed by atoms with Crippen molar-refractivity contribution in [2.45, 2.75) is 81.7 Å². The van der Waals surface area contributed by atoms with Crippen molar-refractivity contribution in [2.75, 3.05) is 46.9 Å². The first-order chi connectivity index (χ1) is 20.0. The maximum absolute atomic E-state index is 12.6. The molecule has 1 aromatic carbocycles. The molecule has 2 aliphatic carbocycles. The smallest absolute Gasteiger partial charge is 0.246 e. The minimum atomic E-state index is -0.252. The molecule has 0 radical (unpaired) electrons. The van der Waals surface area contributed by atoms with Gasteiger partial charge in [0.2, 0.25) is 5.91 Å². The fourth-order valence-electron chi connectivity index (χ4n) is 8.65. The van der Waals surface area contributed by atoms with E-state index in [4.69, 9.17) is 9.47 Å². The minimum Gasteiger partial charge on any atom is -0.376 e. The van der Waals surface area contributed by atoms with E-state index in [1.165, 1.54) is 30.0 Å². The number of nitriles is 1. The molecule has 3 saturated heterocycles. The second kappa shape index (κ2) is 12.1. The maximum Gasteiger partial charge on any atom is 0.246 e. The van der Waals surface area contributed by atoms with E-state index >= 15 is 0 Å². The molecular formula is C32H46N6O3. The van der Waals surface area contributed by atoms with Gasteiger partial charge in [0.15, 0.2) is 6.35 Å². The van der Waals surface area contributed by atoms with Crippen LogP contribution in [0.3, 0.4) is 0 Å². The number of rotatable bonds is 7. The Morgan fingerprint density at radius 3 is 2.83 bits per heavy atom. The van der Waals surface area contributed by atoms with E-state index in [1.807, 2.05) is 12.0 Å². The molecule has 6 rings (SSSR count). The number of amides is 1. The van der Waals surface area contributed by atoms with Crippen molar-refractivity contribution in [3.63, 3.8) is 0 Å². The molecular weight excluding hydrogens is 516 g/mol. The van der Waals surface area contributed by atoms with Crippen LogP contribution >= 0.6 is 0 Å². The van der Waals surface area contributed by atoms with Gasteiger partial charge in [-0.15, -0.1) is 0 Å². The average molecular weight is 563 g/mol. The van der Waals surface area contributed by atoms with E-state index in [-0.39, 0.29) is 42.0 Å². The molecule has 9 nitrogen and oxygen atoms in total. The van der Waals surface area contributed by atoms with Gasteiger partial charge < -0.3 is 19.3 Å². The van der Waals surface area contributed by atoms with Gasteiger partial charge in [-0.25, -0.2) is 0 Å². The van der Waals surface area contributed by atoms with Crippen LogP contribution in [0.15, 0.2) is 36.9 Å². The quantitative estimate of drug-likeness (QED) is 0.490. The van der Waals surface area contributed by atoms with Crippen molar-refractivity contribution in [1.29, 1.82) is 5.26 Å². The number of nitrogens with zero attached hydrogens (tertiary/aromatic N) is 4. The summed E-state index contributed by atoms with van der Waals surface area (Å²) in [5, 5.41) is 17.3. The highest BCUT2D eigenvalue weighted by atomic mass is 16.5. The van der Waals surface area contributed by atoms with E-state index in [1.54, 1.807) is 0 Å². The van der Waals surface area contributed by atoms with Crippen LogP contribution in [0.1, 0.15) is 55.8 Å². The number of ether oxygens (including phenoxy) is 2. The summed E-state index contributed by atoms with van der Waals surface area (Å²) in [6.45, 7) is 7.54. The molecule has 0 aromatic heterocycles. The summed E-state index contributed by atoms with van der Waals surface area (Å²) in [7, 11) is 4.05. The Bertz CT molecular complexity index is 1160. The van der Waals surface area contributed by atoms with Gasteiger partial charge in [-0.2, -0.15) is 5.26 Å². The van der Waals surface area contributed by atoms with Gasteiger partial charge in [0.05, 0.1) is 37.4 Å². The van der Waals surface area contributed by atoms with Crippen LogP contribution in [0, 0.1) is 22.7 Å². The molecule has 0 bridgehead atoms. The van der Waals surface area contributed by atoms with Crippen LogP contribution in [0.2, 0.25) is 0 Å². The number of hydrogen-bond donors (Lipinski definition) is 2. The molecule has 7 unspecified atom stereocenters. The second-order valence-corrected chi connectivity index (χ2v) is 12.9. The zero-order valence-corrected chi connectivity index (χ0v) is 24.6. The number of benzene rings is 1. The Morgan fingerprint density at radius 2 is 2.07 bits per heavy atom. The first-order valence-corrected chi connectivity index (χ1v) is 15.4. The van der Waals surface area contributed by atoms with E-state index in [9.17, 15) is 10.1 Å². The van der Waals surface area contributed by atoms with Gasteiger partial charge in [-0.3, -0.25) is 20.3 Å². The Morgan fingerprint density at radius 1 is 1.22 bits per heavy atom. The molecule has 1 aromatic rings. The largest absolute Gasteiger partial charge is 0.376 e. The molecule has 1 saturated carbocycles. The van der Waals surface area contributed by atoms with Crippen molar-refractivity contribution in [3.05, 3.63) is 48.0 Å². The predicted octanol–water partition coefficient (Wildman–Crippen LogP) is 2.61. The lowest BCUT2D eigenvalue weighted by Crippen LogP contribution is -2.72. The van der Waals surface area contributed by atoms with Gasteiger partial charge in [0, 0.05) is 50.2 Å². The van der Waals surface area contributed by atoms with E-state index < -0.39 is 0 Å². The minimum absolute atomic E-state index is 0.0726. The molecule has 4 fully saturated rings. The van der Waals surface area contributed by atoms with Gasteiger partial charge in [-0.1, -0.05) is 30.8 Å². The maximum atomic E-state index is 12.6. The summed E-state index contributed by atoms with van der Waals surface area (Å²) < 4.78 is 12.8. The standard InChI is InChI=1S/C32H46N6O3/c1-4-28(39)38-17-16-37(20-23(38)12-14-33)30-26-11-13-32(18-22-8-5-6-10-25(22)29(32)40-3)19-27(26)34-31(35-30)41-21-24-9-7-15-36(24)2/h4-6,8,10,23-24,26-27,29-31,34-35H,1,7,9,11-13,15-21H2,2-3H3/t23?,24?,26?,27?,29?,30?,31?,32-/m1/s1. The van der Waals surface area contributed by atoms with Crippen LogP contribution in [0.4, 0.5) is 0 Å². The lowest BCUT2D eigenvalue weighted by Gasteiger charge is -2.55. The number of carbonyl (C=O) groups is 1. The number of carbonyl (C=O) groups excluding carboxylic acids is 1. The molecule has 1 spiro atoms. The molecule has 222 valence electrons. The van der Waals surface area contributed by atoms with Gasteiger partial charge in [0.1, 0.15) is 0 Å². The van der Waals surface area contributed by atoms with Crippen molar-refractivity contribution in [3.8, 4) is 6.07 Å². The summed E-state index contributed by atoms with van der Waals surface area (Å²) in [6, 6.07) is 11.7. The highest BCUT2D eigenvalue weighted by Crippen LogP contribution is 2.57. The summed E-state index contributed by atoms with van der Waals surface area (Å²) in [4.78, 5) is 19.3. The molecule has 2 N–H and O–H groups in total. The summed E-state index contributed by atoms with van der Waals surface area (Å²) in [5.74, 6) is 0.300. The van der Waals surface area contributed by atoms with Crippen LogP contribution in [-0.2, 0) is 20.7 Å². The Labute approximate surface area is 244 Å². The van der Waals surface area contributed by atoms with Crippen molar-refractivity contribution >= 4 is 5.91 Å². The molecule has 41 heavy (non-hydrogen) atoms. The molecule has 5 aliphatic rings. The third-order valence-electron chi connectivity index (χ3n) is 10.7. The summed E-state index contributed by atoms with van der Waals surface area (Å²) in [6.07, 6.45) is 8.31. The molecule has 8 atom stereocenters. The highest BCUT2D eigenvalue weighted by molar-refractivity contribution is 5.87. The van der Waals surface area contributed by atoms with Crippen molar-refractivity contribution < 1.29 is 14.3 Å². The predicted molar refractivity (Wildman–Crippen MR) is 156 cm³/mol. The van der Waals surface area contributed by atoms with E-state index in [0.717, 1.165) is 38.8 Å². The Balaban J connectivity index is 1.23. The zero-order chi connectivity index (χ0) is 28.6. The fourth-order valence-corrected chi connectivity index (χ4v) is 8.65. The molecule has 3 heterocycles. The normalized spacial score (nSPS) is 37.5. The number of fused-ring (bicyclic) bond motifs is 2. The fraction of sp³-hybridized carbons (Fsp3) is 0.688. The number of nitrogens with one attached hydrogen (secondary N) is 2. The number of piperazine rings is 1. The number of likely N-dealkylation sites (N-methyl/N-ethyl adjacent to an activating group) is 1. The summed E-state index contributed by atoms with van der Waals surface area (Å²) >= 11 is 0. The lowest BCUT2D eigenvalue weighted by atomic mass is 9.64. The van der Waals surface area contributed by atoms with Crippen LogP contribution in [-0.4, -0.2) is 98.2 Å². The highest BCUT2D eigenvalue weighted by Gasteiger charge is 2.54. The third-order valence-corrected chi connectivity index (χ3v) is 10.7. The molecule has 9 heteroatoms. The molecule has 1 amide bonds. The Kier molecular flexibility index (Phi) is 8.51. The van der Waals surface area contributed by atoms with Gasteiger partial charge in [0.25, 0.3) is 0 Å². The van der Waals surface area contributed by atoms with Crippen LogP contribution in [0.25, 0.3) is 0 Å². The zero-order valence-electron chi connectivity index (χ0n) is 24.6. The number of likely N-dealkylation sites (tertiary alicyclic amines) is 1. The second-order valence-electron chi connectivity index (χ2n) is 12.9. The first-order valence-electron chi connectivity index (χ1n) is 15.4.